The van der Waals surface area contributed by atoms with E-state index in [0.29, 0.717) is 32.7 Å². The first kappa shape index (κ1) is 14.7. The SMILES string of the molecule is CS(=O)(=O)N1CCN(c2ncc(Br)cc2CN)CC1. The van der Waals surface area contributed by atoms with E-state index in [2.05, 4.69) is 25.8 Å². The zero-order chi connectivity index (χ0) is 14.0. The highest BCUT2D eigenvalue weighted by atomic mass is 79.9. The molecule has 2 rings (SSSR count). The maximum Gasteiger partial charge on any atom is 0.211 e. The van der Waals surface area contributed by atoms with Gasteiger partial charge in [0.05, 0.1) is 6.26 Å². The van der Waals surface area contributed by atoms with Crippen molar-refractivity contribution in [1.82, 2.24) is 9.29 Å². The summed E-state index contributed by atoms with van der Waals surface area (Å²) < 4.78 is 25.3. The topological polar surface area (TPSA) is 79.5 Å². The molecule has 0 spiro atoms. The molecule has 0 aliphatic carbocycles. The van der Waals surface area contributed by atoms with Gasteiger partial charge in [0.2, 0.25) is 10.0 Å². The minimum atomic E-state index is -3.10. The van der Waals surface area contributed by atoms with Gasteiger partial charge in [-0.3, -0.25) is 0 Å². The van der Waals surface area contributed by atoms with Crippen molar-refractivity contribution >= 4 is 31.8 Å². The molecule has 19 heavy (non-hydrogen) atoms. The van der Waals surface area contributed by atoms with E-state index in [4.69, 9.17) is 5.73 Å². The van der Waals surface area contributed by atoms with E-state index in [0.717, 1.165) is 15.9 Å². The van der Waals surface area contributed by atoms with Gasteiger partial charge in [-0.2, -0.15) is 4.31 Å². The Morgan fingerprint density at radius 3 is 2.53 bits per heavy atom. The molecule has 106 valence electrons. The smallest absolute Gasteiger partial charge is 0.211 e. The molecule has 1 aromatic heterocycles. The molecular formula is C11H17BrN4O2S. The normalized spacial score (nSPS) is 17.7. The molecule has 1 aromatic rings. The largest absolute Gasteiger partial charge is 0.354 e. The van der Waals surface area contributed by atoms with Crippen LogP contribution in [0, 0.1) is 0 Å². The van der Waals surface area contributed by atoms with Crippen LogP contribution in [0.1, 0.15) is 5.56 Å². The molecule has 0 atom stereocenters. The first-order chi connectivity index (χ1) is 8.91. The van der Waals surface area contributed by atoms with Crippen LogP contribution in [0.3, 0.4) is 0 Å². The van der Waals surface area contributed by atoms with Crippen molar-refractivity contribution in [3.8, 4) is 0 Å². The van der Waals surface area contributed by atoms with Crippen LogP contribution in [0.25, 0.3) is 0 Å². The van der Waals surface area contributed by atoms with E-state index in [1.807, 2.05) is 6.07 Å². The molecule has 2 heterocycles. The Morgan fingerprint density at radius 2 is 2.00 bits per heavy atom. The molecule has 0 amide bonds. The van der Waals surface area contributed by atoms with Crippen molar-refractivity contribution in [3.63, 3.8) is 0 Å². The van der Waals surface area contributed by atoms with Gasteiger partial charge in [0.25, 0.3) is 0 Å². The van der Waals surface area contributed by atoms with Gasteiger partial charge in [0.15, 0.2) is 0 Å². The van der Waals surface area contributed by atoms with Crippen LogP contribution in [-0.4, -0.2) is 50.1 Å². The Kier molecular flexibility index (Phi) is 4.44. The summed E-state index contributed by atoms with van der Waals surface area (Å²) in [6, 6.07) is 1.95. The summed E-state index contributed by atoms with van der Waals surface area (Å²) in [5.74, 6) is 0.846. The van der Waals surface area contributed by atoms with Crippen LogP contribution in [0.15, 0.2) is 16.7 Å². The Bertz CT molecular complexity index is 556. The number of anilines is 1. The summed E-state index contributed by atoms with van der Waals surface area (Å²) in [4.78, 5) is 6.47. The average molecular weight is 349 g/mol. The Hall–Kier alpha value is -0.700. The van der Waals surface area contributed by atoms with Gasteiger partial charge in [-0.25, -0.2) is 13.4 Å². The Labute approximate surface area is 121 Å². The van der Waals surface area contributed by atoms with Crippen LogP contribution in [0.4, 0.5) is 5.82 Å². The second kappa shape index (κ2) is 5.74. The molecule has 1 saturated heterocycles. The lowest BCUT2D eigenvalue weighted by Gasteiger charge is -2.34. The van der Waals surface area contributed by atoms with Gasteiger partial charge in [0, 0.05) is 49.0 Å². The first-order valence-electron chi connectivity index (χ1n) is 5.96. The molecule has 0 bridgehead atoms. The van der Waals surface area contributed by atoms with E-state index >= 15 is 0 Å². The van der Waals surface area contributed by atoms with Crippen LogP contribution in [0.2, 0.25) is 0 Å². The second-order valence-electron chi connectivity index (χ2n) is 4.49. The number of aromatic nitrogens is 1. The summed E-state index contributed by atoms with van der Waals surface area (Å²) in [5, 5.41) is 0. The number of rotatable bonds is 3. The van der Waals surface area contributed by atoms with E-state index in [-0.39, 0.29) is 0 Å². The molecule has 1 aliphatic heterocycles. The summed E-state index contributed by atoms with van der Waals surface area (Å²) >= 11 is 3.37. The zero-order valence-corrected chi connectivity index (χ0v) is 13.1. The third-order valence-corrected chi connectivity index (χ3v) is 4.87. The fraction of sp³-hybridized carbons (Fsp3) is 0.545. The van der Waals surface area contributed by atoms with Crippen LogP contribution in [-0.2, 0) is 16.6 Å². The highest BCUT2D eigenvalue weighted by molar-refractivity contribution is 9.10. The number of nitrogens with two attached hydrogens (primary N) is 1. The Morgan fingerprint density at radius 1 is 1.37 bits per heavy atom. The number of piperazine rings is 1. The van der Waals surface area contributed by atoms with Crippen molar-refractivity contribution < 1.29 is 8.42 Å². The monoisotopic (exact) mass is 348 g/mol. The Balaban J connectivity index is 2.14. The van der Waals surface area contributed by atoms with E-state index < -0.39 is 10.0 Å². The first-order valence-corrected chi connectivity index (χ1v) is 8.60. The minimum Gasteiger partial charge on any atom is -0.354 e. The zero-order valence-electron chi connectivity index (χ0n) is 10.7. The lowest BCUT2D eigenvalue weighted by Crippen LogP contribution is -2.48. The molecule has 0 unspecified atom stereocenters. The standard InChI is InChI=1S/C11H17BrN4O2S/c1-19(17,18)16-4-2-15(3-5-16)11-9(7-13)6-10(12)8-14-11/h6,8H,2-5,7,13H2,1H3. The summed E-state index contributed by atoms with van der Waals surface area (Å²) in [6.45, 7) is 2.65. The molecule has 0 saturated carbocycles. The molecule has 1 fully saturated rings. The molecule has 0 aromatic carbocycles. The lowest BCUT2D eigenvalue weighted by molar-refractivity contribution is 0.386. The van der Waals surface area contributed by atoms with Gasteiger partial charge in [-0.15, -0.1) is 0 Å². The van der Waals surface area contributed by atoms with Crippen molar-refractivity contribution in [1.29, 1.82) is 0 Å². The maximum absolute atomic E-state index is 11.5. The van der Waals surface area contributed by atoms with E-state index in [1.165, 1.54) is 10.6 Å². The third kappa shape index (κ3) is 3.44. The predicted molar refractivity (Wildman–Crippen MR) is 78.5 cm³/mol. The van der Waals surface area contributed by atoms with Crippen LogP contribution in [0.5, 0.6) is 0 Å². The van der Waals surface area contributed by atoms with Crippen molar-refractivity contribution in [2.24, 2.45) is 5.73 Å². The van der Waals surface area contributed by atoms with Crippen molar-refractivity contribution in [3.05, 3.63) is 22.3 Å². The number of halogens is 1. The summed E-state index contributed by atoms with van der Waals surface area (Å²) in [6.07, 6.45) is 2.98. The van der Waals surface area contributed by atoms with E-state index in [9.17, 15) is 8.42 Å². The predicted octanol–water partition coefficient (Wildman–Crippen LogP) is 0.384. The summed E-state index contributed by atoms with van der Waals surface area (Å²) in [5.41, 5.74) is 6.69. The number of hydrogen-bond acceptors (Lipinski definition) is 5. The highest BCUT2D eigenvalue weighted by Crippen LogP contribution is 2.22. The second-order valence-corrected chi connectivity index (χ2v) is 7.39. The minimum absolute atomic E-state index is 0.411. The average Bonchev–Trinajstić information content (AvgIpc) is 2.37. The van der Waals surface area contributed by atoms with Gasteiger partial charge in [-0.1, -0.05) is 0 Å². The number of sulfonamides is 1. The van der Waals surface area contributed by atoms with Gasteiger partial charge < -0.3 is 10.6 Å². The molecular weight excluding hydrogens is 332 g/mol. The molecule has 8 heteroatoms. The van der Waals surface area contributed by atoms with Crippen LogP contribution < -0.4 is 10.6 Å². The number of nitrogens with zero attached hydrogens (tertiary/aromatic N) is 3. The number of hydrogen-bond donors (Lipinski definition) is 1. The lowest BCUT2D eigenvalue weighted by atomic mass is 10.2. The van der Waals surface area contributed by atoms with Gasteiger partial charge in [0.1, 0.15) is 5.82 Å². The summed E-state index contributed by atoms with van der Waals surface area (Å²) in [7, 11) is -3.10. The number of pyridine rings is 1. The van der Waals surface area contributed by atoms with Crippen molar-refractivity contribution in [2.75, 3.05) is 37.3 Å². The highest BCUT2D eigenvalue weighted by Gasteiger charge is 2.25. The maximum atomic E-state index is 11.5. The molecule has 0 radical (unpaired) electrons. The third-order valence-electron chi connectivity index (χ3n) is 3.14. The molecule has 6 nitrogen and oxygen atoms in total. The molecule has 1 aliphatic rings. The fourth-order valence-electron chi connectivity index (χ4n) is 2.14. The van der Waals surface area contributed by atoms with Gasteiger partial charge >= 0.3 is 0 Å². The fourth-order valence-corrected chi connectivity index (χ4v) is 3.35. The molecule has 2 N–H and O–H groups in total. The van der Waals surface area contributed by atoms with Crippen LogP contribution >= 0.6 is 15.9 Å². The quantitative estimate of drug-likeness (QED) is 0.854. The van der Waals surface area contributed by atoms with Crippen molar-refractivity contribution in [2.45, 2.75) is 6.54 Å². The van der Waals surface area contributed by atoms with E-state index in [1.54, 1.807) is 6.20 Å². The van der Waals surface area contributed by atoms with Gasteiger partial charge in [-0.05, 0) is 22.0 Å².